The van der Waals surface area contributed by atoms with Gasteiger partial charge in [0.1, 0.15) is 6.07 Å². The SMILES string of the molecule is N#Cc1ncc(C#CCN)cc1F. The molecule has 2 N–H and O–H groups in total. The third kappa shape index (κ3) is 2.26. The van der Waals surface area contributed by atoms with Crippen molar-refractivity contribution < 1.29 is 4.39 Å². The molecule has 1 aromatic rings. The first-order valence-electron chi connectivity index (χ1n) is 3.52. The molecule has 1 aromatic heterocycles. The Labute approximate surface area is 75.0 Å². The van der Waals surface area contributed by atoms with Crippen LogP contribution in [0.25, 0.3) is 0 Å². The van der Waals surface area contributed by atoms with Crippen molar-refractivity contribution in [2.75, 3.05) is 6.54 Å². The highest BCUT2D eigenvalue weighted by Gasteiger charge is 2.01. The van der Waals surface area contributed by atoms with E-state index < -0.39 is 5.82 Å². The molecule has 0 bridgehead atoms. The van der Waals surface area contributed by atoms with Crippen LogP contribution < -0.4 is 5.73 Å². The molecule has 0 radical (unpaired) electrons. The molecule has 0 saturated carbocycles. The summed E-state index contributed by atoms with van der Waals surface area (Å²) in [4.78, 5) is 3.57. The molecular formula is C9H6FN3. The number of halogens is 1. The molecule has 3 nitrogen and oxygen atoms in total. The number of nitrogens with zero attached hydrogens (tertiary/aromatic N) is 2. The monoisotopic (exact) mass is 175 g/mol. The second-order valence-corrected chi connectivity index (χ2v) is 2.17. The summed E-state index contributed by atoms with van der Waals surface area (Å²) >= 11 is 0. The summed E-state index contributed by atoms with van der Waals surface area (Å²) in [5, 5.41) is 8.38. The van der Waals surface area contributed by atoms with Gasteiger partial charge in [-0.3, -0.25) is 0 Å². The normalized spacial score (nSPS) is 8.38. The van der Waals surface area contributed by atoms with Crippen molar-refractivity contribution in [1.82, 2.24) is 4.98 Å². The van der Waals surface area contributed by atoms with E-state index in [1.807, 2.05) is 0 Å². The van der Waals surface area contributed by atoms with Crippen LogP contribution in [-0.2, 0) is 0 Å². The summed E-state index contributed by atoms with van der Waals surface area (Å²) in [6.45, 7) is 0.210. The Bertz CT molecular complexity index is 409. The van der Waals surface area contributed by atoms with Gasteiger partial charge in [0.25, 0.3) is 0 Å². The zero-order chi connectivity index (χ0) is 9.68. The fourth-order valence-corrected chi connectivity index (χ4v) is 0.742. The van der Waals surface area contributed by atoms with Gasteiger partial charge in [0.05, 0.1) is 6.54 Å². The Morgan fingerprint density at radius 2 is 2.38 bits per heavy atom. The highest BCUT2D eigenvalue weighted by molar-refractivity contribution is 5.35. The smallest absolute Gasteiger partial charge is 0.176 e. The number of rotatable bonds is 0. The molecule has 0 aromatic carbocycles. The number of pyridine rings is 1. The van der Waals surface area contributed by atoms with Crippen molar-refractivity contribution >= 4 is 0 Å². The minimum Gasteiger partial charge on any atom is -0.320 e. The van der Waals surface area contributed by atoms with E-state index >= 15 is 0 Å². The Balaban J connectivity index is 3.04. The van der Waals surface area contributed by atoms with E-state index in [2.05, 4.69) is 16.8 Å². The fraction of sp³-hybridized carbons (Fsp3) is 0.111. The molecule has 0 atom stereocenters. The highest BCUT2D eigenvalue weighted by Crippen LogP contribution is 2.04. The number of nitriles is 1. The van der Waals surface area contributed by atoms with E-state index in [-0.39, 0.29) is 12.2 Å². The summed E-state index contributed by atoms with van der Waals surface area (Å²) in [6, 6.07) is 2.78. The molecule has 0 amide bonds. The molecule has 64 valence electrons. The zero-order valence-electron chi connectivity index (χ0n) is 6.71. The first-order chi connectivity index (χ1) is 6.27. The predicted molar refractivity (Wildman–Crippen MR) is 44.8 cm³/mol. The lowest BCUT2D eigenvalue weighted by atomic mass is 10.2. The van der Waals surface area contributed by atoms with Gasteiger partial charge in [0.15, 0.2) is 11.5 Å². The topological polar surface area (TPSA) is 62.7 Å². The minimum atomic E-state index is -0.661. The summed E-state index contributed by atoms with van der Waals surface area (Å²) in [7, 11) is 0. The number of hydrogen-bond donors (Lipinski definition) is 1. The summed E-state index contributed by atoms with van der Waals surface area (Å²) in [6.07, 6.45) is 1.34. The van der Waals surface area contributed by atoms with Crippen LogP contribution in [-0.4, -0.2) is 11.5 Å². The maximum Gasteiger partial charge on any atom is 0.176 e. The van der Waals surface area contributed by atoms with E-state index in [9.17, 15) is 4.39 Å². The average Bonchev–Trinajstić information content (AvgIpc) is 2.15. The van der Waals surface area contributed by atoms with E-state index in [0.29, 0.717) is 5.56 Å². The first kappa shape index (κ1) is 9.18. The Hall–Kier alpha value is -1.91. The van der Waals surface area contributed by atoms with Crippen LogP contribution in [0.5, 0.6) is 0 Å². The molecule has 0 fully saturated rings. The summed E-state index contributed by atoms with van der Waals surface area (Å²) in [5.41, 5.74) is 5.33. The lowest BCUT2D eigenvalue weighted by Crippen LogP contribution is -1.94. The second kappa shape index (κ2) is 4.20. The third-order valence-corrected chi connectivity index (χ3v) is 1.28. The Morgan fingerprint density at radius 3 is 2.92 bits per heavy atom. The van der Waals surface area contributed by atoms with Crippen molar-refractivity contribution in [2.24, 2.45) is 5.73 Å². The quantitative estimate of drug-likeness (QED) is 0.580. The summed E-state index contributed by atoms with van der Waals surface area (Å²) < 4.78 is 12.9. The van der Waals surface area contributed by atoms with Crippen molar-refractivity contribution in [1.29, 1.82) is 5.26 Å². The van der Waals surface area contributed by atoms with Gasteiger partial charge in [-0.25, -0.2) is 9.37 Å². The maximum atomic E-state index is 12.9. The van der Waals surface area contributed by atoms with E-state index in [1.165, 1.54) is 6.20 Å². The van der Waals surface area contributed by atoms with Crippen molar-refractivity contribution in [3.63, 3.8) is 0 Å². The van der Waals surface area contributed by atoms with Crippen LogP contribution in [0.1, 0.15) is 11.3 Å². The van der Waals surface area contributed by atoms with Crippen molar-refractivity contribution in [3.05, 3.63) is 29.3 Å². The lowest BCUT2D eigenvalue weighted by molar-refractivity contribution is 0.616. The molecule has 0 aliphatic carbocycles. The van der Waals surface area contributed by atoms with Gasteiger partial charge in [0, 0.05) is 11.8 Å². The molecule has 0 aliphatic heterocycles. The van der Waals surface area contributed by atoms with Gasteiger partial charge in [-0.2, -0.15) is 5.26 Å². The van der Waals surface area contributed by atoms with Crippen LogP contribution in [0.15, 0.2) is 12.3 Å². The Morgan fingerprint density at radius 1 is 1.62 bits per heavy atom. The van der Waals surface area contributed by atoms with Gasteiger partial charge < -0.3 is 5.73 Å². The largest absolute Gasteiger partial charge is 0.320 e. The van der Waals surface area contributed by atoms with Crippen LogP contribution in [0.3, 0.4) is 0 Å². The number of hydrogen-bond acceptors (Lipinski definition) is 3. The molecule has 0 unspecified atom stereocenters. The van der Waals surface area contributed by atoms with E-state index in [0.717, 1.165) is 6.07 Å². The van der Waals surface area contributed by atoms with Gasteiger partial charge >= 0.3 is 0 Å². The molecule has 13 heavy (non-hydrogen) atoms. The van der Waals surface area contributed by atoms with E-state index in [4.69, 9.17) is 11.0 Å². The maximum absolute atomic E-state index is 12.9. The van der Waals surface area contributed by atoms with Crippen molar-refractivity contribution in [3.8, 4) is 17.9 Å². The van der Waals surface area contributed by atoms with Crippen LogP contribution in [0, 0.1) is 29.0 Å². The van der Waals surface area contributed by atoms with Gasteiger partial charge in [-0.1, -0.05) is 11.8 Å². The highest BCUT2D eigenvalue weighted by atomic mass is 19.1. The zero-order valence-corrected chi connectivity index (χ0v) is 6.71. The summed E-state index contributed by atoms with van der Waals surface area (Å²) in [5.74, 6) is 4.51. The average molecular weight is 175 g/mol. The van der Waals surface area contributed by atoms with Gasteiger partial charge in [0.2, 0.25) is 0 Å². The Kier molecular flexibility index (Phi) is 2.97. The first-order valence-corrected chi connectivity index (χ1v) is 3.52. The van der Waals surface area contributed by atoms with E-state index in [1.54, 1.807) is 6.07 Å². The minimum absolute atomic E-state index is 0.210. The van der Waals surface area contributed by atoms with Gasteiger partial charge in [-0.15, -0.1) is 0 Å². The molecule has 4 heteroatoms. The number of aromatic nitrogens is 1. The fourth-order valence-electron chi connectivity index (χ4n) is 0.742. The van der Waals surface area contributed by atoms with Crippen LogP contribution >= 0.6 is 0 Å². The van der Waals surface area contributed by atoms with Crippen LogP contribution in [0.4, 0.5) is 4.39 Å². The predicted octanol–water partition coefficient (Wildman–Crippen LogP) is 0.403. The standard InChI is InChI=1S/C9H6FN3/c10-8-4-7(2-1-3-11)6-13-9(8)5-12/h4,6H,3,11H2. The molecular weight excluding hydrogens is 169 g/mol. The molecule has 1 rings (SSSR count). The molecule has 0 aliphatic rings. The lowest BCUT2D eigenvalue weighted by Gasteiger charge is -1.92. The molecule has 0 saturated heterocycles. The van der Waals surface area contributed by atoms with Gasteiger partial charge in [-0.05, 0) is 6.07 Å². The third-order valence-electron chi connectivity index (χ3n) is 1.28. The number of nitrogens with two attached hydrogens (primary N) is 1. The molecule has 0 spiro atoms. The van der Waals surface area contributed by atoms with Crippen molar-refractivity contribution in [2.45, 2.75) is 0 Å². The molecule has 1 heterocycles. The second-order valence-electron chi connectivity index (χ2n) is 2.17. The van der Waals surface area contributed by atoms with Crippen LogP contribution in [0.2, 0.25) is 0 Å².